The standard InChI is InChI=1S/C16H18N2OS/c1-11-6-8-12(9-7-11)10-18(2)16-17-15-13(19)4-3-5-14(15)20-16/h6-9H,3-5,10H2,1-2H3. The maximum atomic E-state index is 11.8. The van der Waals surface area contributed by atoms with Crippen LogP contribution in [-0.4, -0.2) is 17.8 Å². The van der Waals surface area contributed by atoms with E-state index < -0.39 is 0 Å². The first-order valence-electron chi connectivity index (χ1n) is 6.93. The van der Waals surface area contributed by atoms with Crippen molar-refractivity contribution in [1.82, 2.24) is 4.98 Å². The highest BCUT2D eigenvalue weighted by Crippen LogP contribution is 2.31. The van der Waals surface area contributed by atoms with Crippen LogP contribution in [0.3, 0.4) is 0 Å². The molecule has 0 unspecified atom stereocenters. The first-order chi connectivity index (χ1) is 9.63. The summed E-state index contributed by atoms with van der Waals surface area (Å²) in [5.74, 6) is 0.206. The van der Waals surface area contributed by atoms with Crippen LogP contribution in [0.5, 0.6) is 0 Å². The number of fused-ring (bicyclic) bond motifs is 1. The highest BCUT2D eigenvalue weighted by atomic mass is 32.1. The smallest absolute Gasteiger partial charge is 0.186 e. The number of hydrogen-bond acceptors (Lipinski definition) is 4. The predicted octanol–water partition coefficient (Wildman–Crippen LogP) is 3.61. The van der Waals surface area contributed by atoms with Crippen LogP contribution >= 0.6 is 11.3 Å². The Hall–Kier alpha value is -1.68. The van der Waals surface area contributed by atoms with Crippen molar-refractivity contribution >= 4 is 22.3 Å². The van der Waals surface area contributed by atoms with Crippen LogP contribution in [-0.2, 0) is 13.0 Å². The molecule has 0 fully saturated rings. The Balaban J connectivity index is 1.79. The van der Waals surface area contributed by atoms with E-state index >= 15 is 0 Å². The van der Waals surface area contributed by atoms with Gasteiger partial charge < -0.3 is 4.90 Å². The van der Waals surface area contributed by atoms with Crippen molar-refractivity contribution in [2.75, 3.05) is 11.9 Å². The summed E-state index contributed by atoms with van der Waals surface area (Å²) in [5, 5.41) is 0.950. The molecule has 3 rings (SSSR count). The second-order valence-electron chi connectivity index (χ2n) is 5.39. The van der Waals surface area contributed by atoms with E-state index in [1.165, 1.54) is 11.1 Å². The summed E-state index contributed by atoms with van der Waals surface area (Å²) >= 11 is 1.66. The first kappa shape index (κ1) is 13.3. The molecule has 0 aliphatic heterocycles. The molecule has 0 spiro atoms. The molecule has 4 heteroatoms. The normalized spacial score (nSPS) is 14.2. The second-order valence-corrected chi connectivity index (χ2v) is 6.45. The summed E-state index contributed by atoms with van der Waals surface area (Å²) in [6.45, 7) is 2.91. The molecular formula is C16H18N2OS. The van der Waals surface area contributed by atoms with E-state index in [0.717, 1.165) is 29.4 Å². The van der Waals surface area contributed by atoms with Gasteiger partial charge in [0, 0.05) is 24.9 Å². The van der Waals surface area contributed by atoms with Crippen molar-refractivity contribution in [3.05, 3.63) is 46.0 Å². The molecule has 20 heavy (non-hydrogen) atoms. The van der Waals surface area contributed by atoms with Crippen molar-refractivity contribution in [3.63, 3.8) is 0 Å². The average Bonchev–Trinajstić information content (AvgIpc) is 2.87. The zero-order valence-corrected chi connectivity index (χ0v) is 12.7. The number of hydrogen-bond donors (Lipinski definition) is 0. The van der Waals surface area contributed by atoms with Crippen molar-refractivity contribution in [1.29, 1.82) is 0 Å². The number of rotatable bonds is 3. The Morgan fingerprint density at radius 2 is 2.00 bits per heavy atom. The number of carbonyl (C=O) groups excluding carboxylic acids is 1. The average molecular weight is 286 g/mol. The van der Waals surface area contributed by atoms with Gasteiger partial charge in [-0.1, -0.05) is 29.8 Å². The van der Waals surface area contributed by atoms with Gasteiger partial charge >= 0.3 is 0 Å². The van der Waals surface area contributed by atoms with Crippen LogP contribution in [0.1, 0.15) is 39.3 Å². The number of aromatic nitrogens is 1. The number of carbonyl (C=O) groups is 1. The van der Waals surface area contributed by atoms with Crippen LogP contribution in [0.4, 0.5) is 5.13 Å². The summed E-state index contributed by atoms with van der Waals surface area (Å²) in [4.78, 5) is 19.7. The first-order valence-corrected chi connectivity index (χ1v) is 7.75. The zero-order chi connectivity index (χ0) is 14.1. The molecule has 3 nitrogen and oxygen atoms in total. The topological polar surface area (TPSA) is 33.2 Å². The Morgan fingerprint density at radius 3 is 2.70 bits per heavy atom. The maximum Gasteiger partial charge on any atom is 0.186 e. The van der Waals surface area contributed by atoms with Gasteiger partial charge in [-0.2, -0.15) is 0 Å². The number of aryl methyl sites for hydroxylation is 2. The zero-order valence-electron chi connectivity index (χ0n) is 11.8. The number of anilines is 1. The van der Waals surface area contributed by atoms with Gasteiger partial charge in [-0.05, 0) is 25.3 Å². The fourth-order valence-corrected chi connectivity index (χ4v) is 3.53. The van der Waals surface area contributed by atoms with Gasteiger partial charge in [0.15, 0.2) is 10.9 Å². The third kappa shape index (κ3) is 2.61. The number of thiazole rings is 1. The highest BCUT2D eigenvalue weighted by Gasteiger charge is 2.23. The van der Waals surface area contributed by atoms with E-state index in [9.17, 15) is 4.79 Å². The third-order valence-corrected chi connectivity index (χ3v) is 4.85. The molecule has 1 aromatic carbocycles. The molecule has 0 saturated heterocycles. The molecule has 0 radical (unpaired) electrons. The quantitative estimate of drug-likeness (QED) is 0.864. The number of Topliss-reactive ketones (excluding diaryl/α,β-unsaturated/α-hetero) is 1. The van der Waals surface area contributed by atoms with Gasteiger partial charge in [-0.25, -0.2) is 4.98 Å². The van der Waals surface area contributed by atoms with E-state index in [2.05, 4.69) is 41.1 Å². The second kappa shape index (κ2) is 5.37. The minimum atomic E-state index is 0.206. The molecule has 0 amide bonds. The molecule has 2 aromatic rings. The molecule has 0 N–H and O–H groups in total. The summed E-state index contributed by atoms with van der Waals surface area (Å²) in [6, 6.07) is 8.54. The van der Waals surface area contributed by atoms with Crippen molar-refractivity contribution < 1.29 is 4.79 Å². The third-order valence-electron chi connectivity index (χ3n) is 3.62. The minimum Gasteiger partial charge on any atom is -0.347 e. The van der Waals surface area contributed by atoms with Crippen LogP contribution < -0.4 is 4.90 Å². The van der Waals surface area contributed by atoms with Gasteiger partial charge in [-0.15, -0.1) is 11.3 Å². The van der Waals surface area contributed by atoms with Crippen molar-refractivity contribution in [2.45, 2.75) is 32.7 Å². The van der Waals surface area contributed by atoms with Crippen molar-refractivity contribution in [2.24, 2.45) is 0 Å². The fraction of sp³-hybridized carbons (Fsp3) is 0.375. The number of benzene rings is 1. The molecule has 1 aliphatic rings. The van der Waals surface area contributed by atoms with E-state index in [1.807, 2.05) is 7.05 Å². The number of nitrogens with zero attached hydrogens (tertiary/aromatic N) is 2. The maximum absolute atomic E-state index is 11.8. The summed E-state index contributed by atoms with van der Waals surface area (Å²) < 4.78 is 0. The highest BCUT2D eigenvalue weighted by molar-refractivity contribution is 7.15. The SMILES string of the molecule is Cc1ccc(CN(C)c2nc3c(s2)CCCC3=O)cc1. The lowest BCUT2D eigenvalue weighted by Crippen LogP contribution is -2.16. The summed E-state index contributed by atoms with van der Waals surface area (Å²) in [7, 11) is 2.04. The van der Waals surface area contributed by atoms with Crippen LogP contribution in [0.15, 0.2) is 24.3 Å². The molecule has 0 atom stereocenters. The van der Waals surface area contributed by atoms with Gasteiger partial charge in [0.25, 0.3) is 0 Å². The van der Waals surface area contributed by atoms with E-state index in [0.29, 0.717) is 12.1 Å². The van der Waals surface area contributed by atoms with Crippen molar-refractivity contribution in [3.8, 4) is 0 Å². The lowest BCUT2D eigenvalue weighted by Gasteiger charge is -2.15. The molecule has 104 valence electrons. The molecule has 1 heterocycles. The fourth-order valence-electron chi connectivity index (χ4n) is 2.45. The van der Waals surface area contributed by atoms with Gasteiger partial charge in [0.2, 0.25) is 0 Å². The molecular weight excluding hydrogens is 268 g/mol. The molecule has 1 aromatic heterocycles. The van der Waals surface area contributed by atoms with Gasteiger partial charge in [0.05, 0.1) is 0 Å². The van der Waals surface area contributed by atoms with E-state index in [1.54, 1.807) is 11.3 Å². The van der Waals surface area contributed by atoms with Crippen LogP contribution in [0, 0.1) is 6.92 Å². The minimum absolute atomic E-state index is 0.206. The molecule has 0 saturated carbocycles. The van der Waals surface area contributed by atoms with E-state index in [-0.39, 0.29) is 5.78 Å². The Labute approximate surface area is 123 Å². The predicted molar refractivity (Wildman–Crippen MR) is 82.7 cm³/mol. The number of ketones is 1. The summed E-state index contributed by atoms with van der Waals surface area (Å²) in [5.41, 5.74) is 3.25. The lowest BCUT2D eigenvalue weighted by atomic mass is 10.0. The monoisotopic (exact) mass is 286 g/mol. The lowest BCUT2D eigenvalue weighted by molar-refractivity contribution is 0.0968. The largest absolute Gasteiger partial charge is 0.347 e. The van der Waals surface area contributed by atoms with Gasteiger partial charge in [0.1, 0.15) is 5.69 Å². The Morgan fingerprint density at radius 1 is 1.25 bits per heavy atom. The summed E-state index contributed by atoms with van der Waals surface area (Å²) in [6.07, 6.45) is 2.62. The van der Waals surface area contributed by atoms with Gasteiger partial charge in [-0.3, -0.25) is 4.79 Å². The van der Waals surface area contributed by atoms with Crippen LogP contribution in [0.2, 0.25) is 0 Å². The Kier molecular flexibility index (Phi) is 3.57. The molecule has 1 aliphatic carbocycles. The van der Waals surface area contributed by atoms with Crippen LogP contribution in [0.25, 0.3) is 0 Å². The molecule has 0 bridgehead atoms. The van der Waals surface area contributed by atoms with E-state index in [4.69, 9.17) is 0 Å². The Bertz CT molecular complexity index is 630.